The van der Waals surface area contributed by atoms with Crippen LogP contribution in [0.15, 0.2) is 24.3 Å². The van der Waals surface area contributed by atoms with Gasteiger partial charge >= 0.3 is 0 Å². The molecule has 164 valence electrons. The van der Waals surface area contributed by atoms with E-state index < -0.39 is 0 Å². The Morgan fingerprint density at radius 3 is 2.37 bits per heavy atom. The van der Waals surface area contributed by atoms with Crippen LogP contribution in [0.2, 0.25) is 0 Å². The second kappa shape index (κ2) is 9.88. The molecule has 1 aromatic carbocycles. The first-order valence-corrected chi connectivity index (χ1v) is 11.3. The van der Waals surface area contributed by atoms with E-state index in [-0.39, 0.29) is 24.2 Å². The molecule has 4 rings (SSSR count). The summed E-state index contributed by atoms with van der Waals surface area (Å²) in [5, 5.41) is 2.74. The van der Waals surface area contributed by atoms with Crippen LogP contribution >= 0.6 is 0 Å². The summed E-state index contributed by atoms with van der Waals surface area (Å²) in [4.78, 5) is 31.4. The smallest absolute Gasteiger partial charge is 0.238 e. The standard InChI is InChI=1S/C23H33FN4O2/c24-20-6-3-7-21(14-20)25-22(29)16-26-10-12-27(13-11-26)17-23(30)28-9-8-18-4-1-2-5-19(18)15-28/h3,6-7,14,18-19H,1-2,4-5,8-13,15-17H2,(H,25,29)/t18-,19+/m0/s1. The van der Waals surface area contributed by atoms with Gasteiger partial charge in [0.1, 0.15) is 5.82 Å². The topological polar surface area (TPSA) is 55.9 Å². The maximum atomic E-state index is 13.2. The highest BCUT2D eigenvalue weighted by atomic mass is 19.1. The number of halogens is 1. The van der Waals surface area contributed by atoms with Crippen molar-refractivity contribution in [1.82, 2.24) is 14.7 Å². The van der Waals surface area contributed by atoms with E-state index in [1.807, 2.05) is 0 Å². The first-order chi connectivity index (χ1) is 14.6. The Morgan fingerprint density at radius 1 is 0.933 bits per heavy atom. The molecule has 1 aromatic rings. The van der Waals surface area contributed by atoms with Crippen molar-refractivity contribution in [3.63, 3.8) is 0 Å². The molecule has 3 aliphatic rings. The molecule has 0 bridgehead atoms. The Morgan fingerprint density at radius 2 is 1.63 bits per heavy atom. The van der Waals surface area contributed by atoms with E-state index in [0.29, 0.717) is 18.2 Å². The van der Waals surface area contributed by atoms with E-state index in [2.05, 4.69) is 20.0 Å². The summed E-state index contributed by atoms with van der Waals surface area (Å²) >= 11 is 0. The third kappa shape index (κ3) is 5.58. The fourth-order valence-electron chi connectivity index (χ4n) is 5.19. The van der Waals surface area contributed by atoms with Crippen LogP contribution in [-0.2, 0) is 9.59 Å². The number of hydrogen-bond acceptors (Lipinski definition) is 4. The number of likely N-dealkylation sites (tertiary alicyclic amines) is 1. The minimum atomic E-state index is -0.362. The normalized spacial score (nSPS) is 25.6. The van der Waals surface area contributed by atoms with E-state index >= 15 is 0 Å². The van der Waals surface area contributed by atoms with Crippen molar-refractivity contribution in [3.05, 3.63) is 30.1 Å². The Hall–Kier alpha value is -1.99. The summed E-state index contributed by atoms with van der Waals surface area (Å²) < 4.78 is 13.2. The molecule has 2 heterocycles. The van der Waals surface area contributed by atoms with E-state index in [1.165, 1.54) is 44.2 Å². The fourth-order valence-corrected chi connectivity index (χ4v) is 5.19. The second-order valence-corrected chi connectivity index (χ2v) is 9.04. The molecule has 7 heteroatoms. The summed E-state index contributed by atoms with van der Waals surface area (Å²) in [6.07, 6.45) is 6.48. The van der Waals surface area contributed by atoms with Crippen LogP contribution in [0.5, 0.6) is 0 Å². The molecular weight excluding hydrogens is 383 g/mol. The molecule has 0 unspecified atom stereocenters. The average molecular weight is 417 g/mol. The van der Waals surface area contributed by atoms with Gasteiger partial charge in [-0.25, -0.2) is 4.39 Å². The van der Waals surface area contributed by atoms with Crippen LogP contribution in [0.25, 0.3) is 0 Å². The molecule has 1 N–H and O–H groups in total. The quantitative estimate of drug-likeness (QED) is 0.801. The van der Waals surface area contributed by atoms with Crippen molar-refractivity contribution in [2.75, 3.05) is 57.7 Å². The van der Waals surface area contributed by atoms with E-state index in [1.54, 1.807) is 12.1 Å². The minimum Gasteiger partial charge on any atom is -0.341 e. The van der Waals surface area contributed by atoms with Crippen LogP contribution in [0.1, 0.15) is 32.1 Å². The SMILES string of the molecule is O=C(CN1CCN(CC(=O)N2CC[C@@H]3CCCC[C@@H]3C2)CC1)Nc1cccc(F)c1. The predicted octanol–water partition coefficient (Wildman–Crippen LogP) is 2.42. The van der Waals surface area contributed by atoms with Crippen molar-refractivity contribution in [3.8, 4) is 0 Å². The number of amides is 2. The molecular formula is C23H33FN4O2. The summed E-state index contributed by atoms with van der Waals surface area (Å²) in [7, 11) is 0. The number of nitrogens with zero attached hydrogens (tertiary/aromatic N) is 3. The molecule has 30 heavy (non-hydrogen) atoms. The minimum absolute atomic E-state index is 0.138. The van der Waals surface area contributed by atoms with E-state index in [4.69, 9.17) is 0 Å². The van der Waals surface area contributed by atoms with Crippen molar-refractivity contribution in [2.24, 2.45) is 11.8 Å². The van der Waals surface area contributed by atoms with Gasteiger partial charge in [0.2, 0.25) is 11.8 Å². The number of carbonyl (C=O) groups excluding carboxylic acids is 2. The second-order valence-electron chi connectivity index (χ2n) is 9.04. The fraction of sp³-hybridized carbons (Fsp3) is 0.652. The molecule has 6 nitrogen and oxygen atoms in total. The van der Waals surface area contributed by atoms with Crippen LogP contribution in [0.4, 0.5) is 10.1 Å². The van der Waals surface area contributed by atoms with Crippen LogP contribution in [0.3, 0.4) is 0 Å². The lowest BCUT2D eigenvalue weighted by Gasteiger charge is -2.42. The number of rotatable bonds is 5. The van der Waals surface area contributed by atoms with Gasteiger partial charge in [0.15, 0.2) is 0 Å². The Kier molecular flexibility index (Phi) is 7.00. The maximum absolute atomic E-state index is 13.2. The first-order valence-electron chi connectivity index (χ1n) is 11.3. The molecule has 1 aliphatic carbocycles. The molecule has 2 amide bonds. The number of nitrogens with one attached hydrogen (secondary N) is 1. The highest BCUT2D eigenvalue weighted by molar-refractivity contribution is 5.92. The monoisotopic (exact) mass is 416 g/mol. The summed E-state index contributed by atoms with van der Waals surface area (Å²) in [5.41, 5.74) is 0.478. The molecule has 2 atom stereocenters. The van der Waals surface area contributed by atoms with Crippen LogP contribution < -0.4 is 5.32 Å². The van der Waals surface area contributed by atoms with Gasteiger partial charge in [0.25, 0.3) is 0 Å². The molecule has 3 fully saturated rings. The van der Waals surface area contributed by atoms with E-state index in [9.17, 15) is 14.0 Å². The van der Waals surface area contributed by atoms with Gasteiger partial charge < -0.3 is 10.2 Å². The summed E-state index contributed by atoms with van der Waals surface area (Å²) in [6, 6.07) is 5.93. The zero-order valence-electron chi connectivity index (χ0n) is 17.7. The molecule has 2 aliphatic heterocycles. The number of hydrogen-bond donors (Lipinski definition) is 1. The van der Waals surface area contributed by atoms with Gasteiger partial charge in [-0.05, 0) is 42.9 Å². The number of piperazine rings is 1. The number of benzene rings is 1. The molecule has 1 saturated carbocycles. The van der Waals surface area contributed by atoms with Gasteiger partial charge in [-0.3, -0.25) is 19.4 Å². The Bertz CT molecular complexity index is 750. The lowest BCUT2D eigenvalue weighted by molar-refractivity contribution is -0.136. The Labute approximate surface area is 178 Å². The zero-order chi connectivity index (χ0) is 20.9. The molecule has 0 aromatic heterocycles. The number of piperidine rings is 1. The highest BCUT2D eigenvalue weighted by Gasteiger charge is 2.33. The predicted molar refractivity (Wildman–Crippen MR) is 115 cm³/mol. The van der Waals surface area contributed by atoms with Crippen molar-refractivity contribution in [1.29, 1.82) is 0 Å². The highest BCUT2D eigenvalue weighted by Crippen LogP contribution is 2.36. The van der Waals surface area contributed by atoms with Crippen molar-refractivity contribution >= 4 is 17.5 Å². The summed E-state index contributed by atoms with van der Waals surface area (Å²) in [6.45, 7) is 5.74. The third-order valence-corrected chi connectivity index (χ3v) is 6.94. The van der Waals surface area contributed by atoms with Gasteiger partial charge in [-0.15, -0.1) is 0 Å². The molecule has 2 saturated heterocycles. The van der Waals surface area contributed by atoms with Crippen LogP contribution in [-0.4, -0.2) is 78.9 Å². The van der Waals surface area contributed by atoms with E-state index in [0.717, 1.165) is 45.2 Å². The van der Waals surface area contributed by atoms with Crippen molar-refractivity contribution < 1.29 is 14.0 Å². The lowest BCUT2D eigenvalue weighted by atomic mass is 9.75. The zero-order valence-corrected chi connectivity index (χ0v) is 17.7. The first kappa shape index (κ1) is 21.2. The lowest BCUT2D eigenvalue weighted by Crippen LogP contribution is -2.53. The average Bonchev–Trinajstić information content (AvgIpc) is 2.74. The van der Waals surface area contributed by atoms with Gasteiger partial charge in [0, 0.05) is 45.0 Å². The largest absolute Gasteiger partial charge is 0.341 e. The molecule has 0 radical (unpaired) electrons. The third-order valence-electron chi connectivity index (χ3n) is 6.94. The maximum Gasteiger partial charge on any atom is 0.238 e. The number of fused-ring (bicyclic) bond motifs is 1. The van der Waals surface area contributed by atoms with Gasteiger partial charge in [0.05, 0.1) is 13.1 Å². The van der Waals surface area contributed by atoms with Gasteiger partial charge in [-0.2, -0.15) is 0 Å². The van der Waals surface area contributed by atoms with Gasteiger partial charge in [-0.1, -0.05) is 25.3 Å². The number of carbonyl (C=O) groups is 2. The Balaban J connectivity index is 1.17. The molecule has 0 spiro atoms. The van der Waals surface area contributed by atoms with Crippen molar-refractivity contribution in [2.45, 2.75) is 32.1 Å². The van der Waals surface area contributed by atoms with Crippen LogP contribution in [0, 0.1) is 17.7 Å². The summed E-state index contributed by atoms with van der Waals surface area (Å²) in [5.74, 6) is 1.31. The number of anilines is 1.